The predicted octanol–water partition coefficient (Wildman–Crippen LogP) is 3.10. The molecule has 0 aromatic heterocycles. The zero-order valence-electron chi connectivity index (χ0n) is 11.6. The number of hydrogen-bond acceptors (Lipinski definition) is 2. The van der Waals surface area contributed by atoms with E-state index in [2.05, 4.69) is 38.4 Å². The molecule has 0 saturated heterocycles. The van der Waals surface area contributed by atoms with E-state index in [1.165, 1.54) is 11.1 Å². The molecule has 98 valence electrons. The van der Waals surface area contributed by atoms with Crippen molar-refractivity contribution < 1.29 is 5.11 Å². The number of fused-ring (bicyclic) bond motifs is 1. The number of hydrogen-bond donors (Lipinski definition) is 1. The van der Waals surface area contributed by atoms with Gasteiger partial charge in [-0.1, -0.05) is 26.0 Å². The fraction of sp³-hybridized carbons (Fsp3) is 0.500. The zero-order chi connectivity index (χ0) is 13.3. The highest BCUT2D eigenvalue weighted by molar-refractivity contribution is 5.42. The Morgan fingerprint density at radius 2 is 2.22 bits per heavy atom. The van der Waals surface area contributed by atoms with Crippen LogP contribution in [0.5, 0.6) is 5.75 Å². The minimum atomic E-state index is 0.0596. The summed E-state index contributed by atoms with van der Waals surface area (Å²) in [5, 5.41) is 9.72. The number of phenolic OH excluding ortho intramolecular Hbond substituents is 1. The molecular formula is C16H23NO. The van der Waals surface area contributed by atoms with Crippen molar-refractivity contribution in [3.63, 3.8) is 0 Å². The van der Waals surface area contributed by atoms with Crippen molar-refractivity contribution in [3.8, 4) is 5.75 Å². The van der Waals surface area contributed by atoms with Crippen LogP contribution in [-0.2, 0) is 11.8 Å². The summed E-state index contributed by atoms with van der Waals surface area (Å²) in [7, 11) is 2.15. The first-order valence-corrected chi connectivity index (χ1v) is 6.60. The maximum absolute atomic E-state index is 9.72. The van der Waals surface area contributed by atoms with Gasteiger partial charge in [0.25, 0.3) is 0 Å². The maximum atomic E-state index is 9.72. The van der Waals surface area contributed by atoms with Gasteiger partial charge in [0.2, 0.25) is 0 Å². The maximum Gasteiger partial charge on any atom is 0.115 e. The van der Waals surface area contributed by atoms with Crippen LogP contribution in [0.15, 0.2) is 30.9 Å². The number of rotatable bonds is 3. The van der Waals surface area contributed by atoms with E-state index in [4.69, 9.17) is 0 Å². The van der Waals surface area contributed by atoms with Gasteiger partial charge in [-0.05, 0) is 43.1 Å². The SMILES string of the molecule is C=CCN(C)C1CCc2ccc(O)cc2C1(C)C. The van der Waals surface area contributed by atoms with Gasteiger partial charge in [-0.3, -0.25) is 4.90 Å². The van der Waals surface area contributed by atoms with E-state index >= 15 is 0 Å². The van der Waals surface area contributed by atoms with E-state index in [0.29, 0.717) is 11.8 Å². The summed E-state index contributed by atoms with van der Waals surface area (Å²) in [4.78, 5) is 2.36. The standard InChI is InChI=1S/C16H23NO/c1-5-10-17(4)15-9-7-12-6-8-13(18)11-14(12)16(15,2)3/h5-6,8,11,15,18H,1,7,9-10H2,2-4H3. The molecule has 2 heteroatoms. The Balaban J connectivity index is 2.38. The summed E-state index contributed by atoms with van der Waals surface area (Å²) in [6.07, 6.45) is 4.20. The number of likely N-dealkylation sites (N-methyl/N-ethyl adjacent to an activating group) is 1. The highest BCUT2D eigenvalue weighted by Crippen LogP contribution is 2.40. The van der Waals surface area contributed by atoms with E-state index < -0.39 is 0 Å². The van der Waals surface area contributed by atoms with Gasteiger partial charge in [0.05, 0.1) is 0 Å². The first-order valence-electron chi connectivity index (χ1n) is 6.60. The van der Waals surface area contributed by atoms with E-state index in [9.17, 15) is 5.11 Å². The lowest BCUT2D eigenvalue weighted by atomic mass is 9.68. The molecule has 0 bridgehead atoms. The molecule has 0 fully saturated rings. The second-order valence-electron chi connectivity index (χ2n) is 5.85. The minimum Gasteiger partial charge on any atom is -0.508 e. The summed E-state index contributed by atoms with van der Waals surface area (Å²) in [5.74, 6) is 0.369. The molecule has 2 rings (SSSR count). The van der Waals surface area contributed by atoms with E-state index in [0.717, 1.165) is 19.4 Å². The van der Waals surface area contributed by atoms with Crippen molar-refractivity contribution in [1.82, 2.24) is 4.90 Å². The van der Waals surface area contributed by atoms with Gasteiger partial charge in [-0.2, -0.15) is 0 Å². The van der Waals surface area contributed by atoms with Gasteiger partial charge in [-0.25, -0.2) is 0 Å². The van der Waals surface area contributed by atoms with Crippen molar-refractivity contribution in [1.29, 1.82) is 0 Å². The number of aromatic hydroxyl groups is 1. The van der Waals surface area contributed by atoms with Crippen LogP contribution in [0.2, 0.25) is 0 Å². The minimum absolute atomic E-state index is 0.0596. The lowest BCUT2D eigenvalue weighted by molar-refractivity contribution is 0.159. The molecule has 0 saturated carbocycles. The van der Waals surface area contributed by atoms with Crippen LogP contribution in [-0.4, -0.2) is 29.6 Å². The summed E-state index contributed by atoms with van der Waals surface area (Å²) < 4.78 is 0. The highest BCUT2D eigenvalue weighted by atomic mass is 16.3. The Bertz CT molecular complexity index is 450. The van der Waals surface area contributed by atoms with Crippen molar-refractivity contribution in [3.05, 3.63) is 42.0 Å². The Labute approximate surface area is 110 Å². The van der Waals surface area contributed by atoms with Gasteiger partial charge < -0.3 is 5.11 Å². The topological polar surface area (TPSA) is 23.5 Å². The number of benzene rings is 1. The van der Waals surface area contributed by atoms with Crippen LogP contribution in [0, 0.1) is 0 Å². The number of phenols is 1. The Morgan fingerprint density at radius 3 is 2.89 bits per heavy atom. The molecule has 1 unspecified atom stereocenters. The Kier molecular flexibility index (Phi) is 3.49. The van der Waals surface area contributed by atoms with Crippen LogP contribution in [0.1, 0.15) is 31.4 Å². The third-order valence-corrected chi connectivity index (χ3v) is 4.26. The Hall–Kier alpha value is -1.28. The smallest absolute Gasteiger partial charge is 0.115 e. The van der Waals surface area contributed by atoms with Crippen LogP contribution in [0.4, 0.5) is 0 Å². The van der Waals surface area contributed by atoms with Crippen LogP contribution < -0.4 is 0 Å². The molecule has 0 spiro atoms. The number of nitrogens with zero attached hydrogens (tertiary/aromatic N) is 1. The van der Waals surface area contributed by atoms with Crippen molar-refractivity contribution in [2.75, 3.05) is 13.6 Å². The summed E-state index contributed by atoms with van der Waals surface area (Å²) >= 11 is 0. The molecule has 1 aromatic rings. The van der Waals surface area contributed by atoms with Crippen molar-refractivity contribution >= 4 is 0 Å². The van der Waals surface area contributed by atoms with Gasteiger partial charge in [0.15, 0.2) is 0 Å². The van der Waals surface area contributed by atoms with Gasteiger partial charge in [0, 0.05) is 18.0 Å². The monoisotopic (exact) mass is 245 g/mol. The van der Waals surface area contributed by atoms with Gasteiger partial charge in [-0.15, -0.1) is 6.58 Å². The zero-order valence-corrected chi connectivity index (χ0v) is 11.6. The van der Waals surface area contributed by atoms with Crippen LogP contribution in [0.3, 0.4) is 0 Å². The molecule has 0 amide bonds. The molecule has 18 heavy (non-hydrogen) atoms. The average molecular weight is 245 g/mol. The lowest BCUT2D eigenvalue weighted by Gasteiger charge is -2.45. The average Bonchev–Trinajstić information content (AvgIpc) is 2.30. The van der Waals surface area contributed by atoms with Crippen molar-refractivity contribution in [2.45, 2.75) is 38.1 Å². The molecule has 1 aromatic carbocycles. The molecule has 1 aliphatic rings. The summed E-state index contributed by atoms with van der Waals surface area (Å²) in [5.41, 5.74) is 2.72. The fourth-order valence-corrected chi connectivity index (χ4v) is 3.32. The molecule has 0 aliphatic heterocycles. The molecule has 2 nitrogen and oxygen atoms in total. The third kappa shape index (κ3) is 2.17. The van der Waals surface area contributed by atoms with Gasteiger partial charge >= 0.3 is 0 Å². The molecule has 1 aliphatic carbocycles. The highest BCUT2D eigenvalue weighted by Gasteiger charge is 2.38. The second-order valence-corrected chi connectivity index (χ2v) is 5.85. The molecule has 0 heterocycles. The van der Waals surface area contributed by atoms with E-state index in [-0.39, 0.29) is 5.41 Å². The normalized spacial score (nSPS) is 21.7. The number of aryl methyl sites for hydroxylation is 1. The van der Waals surface area contributed by atoms with Crippen LogP contribution in [0.25, 0.3) is 0 Å². The molecular weight excluding hydrogens is 222 g/mol. The predicted molar refractivity (Wildman–Crippen MR) is 76.1 cm³/mol. The van der Waals surface area contributed by atoms with Gasteiger partial charge in [0.1, 0.15) is 5.75 Å². The van der Waals surface area contributed by atoms with Crippen LogP contribution >= 0.6 is 0 Å². The second kappa shape index (κ2) is 4.77. The molecule has 0 radical (unpaired) electrons. The quantitative estimate of drug-likeness (QED) is 0.827. The van der Waals surface area contributed by atoms with E-state index in [1.807, 2.05) is 12.1 Å². The summed E-state index contributed by atoms with van der Waals surface area (Å²) in [6.45, 7) is 9.27. The largest absolute Gasteiger partial charge is 0.508 e. The lowest BCUT2D eigenvalue weighted by Crippen LogP contribution is -2.48. The third-order valence-electron chi connectivity index (χ3n) is 4.26. The Morgan fingerprint density at radius 1 is 1.50 bits per heavy atom. The molecule has 1 atom stereocenters. The fourth-order valence-electron chi connectivity index (χ4n) is 3.32. The first-order chi connectivity index (χ1) is 8.46. The first kappa shape index (κ1) is 13.2. The summed E-state index contributed by atoms with van der Waals surface area (Å²) in [6, 6.07) is 6.28. The molecule has 1 N–H and O–H groups in total. The van der Waals surface area contributed by atoms with E-state index in [1.54, 1.807) is 6.07 Å². The van der Waals surface area contributed by atoms with Crippen molar-refractivity contribution in [2.24, 2.45) is 0 Å².